The van der Waals surface area contributed by atoms with Gasteiger partial charge in [0, 0.05) is 12.1 Å². The molecular weight excluding hydrogens is 184 g/mol. The lowest BCUT2D eigenvalue weighted by Gasteiger charge is -1.99. The molecule has 0 saturated heterocycles. The third kappa shape index (κ3) is 1.24. The van der Waals surface area contributed by atoms with E-state index in [2.05, 4.69) is 0 Å². The zero-order valence-electron chi connectivity index (χ0n) is 7.08. The Hall–Kier alpha value is -2.17. The summed E-state index contributed by atoms with van der Waals surface area (Å²) in [5.41, 5.74) is 0.0168. The lowest BCUT2D eigenvalue weighted by molar-refractivity contribution is -0.603. The van der Waals surface area contributed by atoms with Crippen molar-refractivity contribution in [2.24, 2.45) is 0 Å². The molecule has 0 bridgehead atoms. The zero-order chi connectivity index (χ0) is 10.1. The molecule has 1 aromatic carbocycles. The average molecular weight is 190 g/mol. The normalized spacial score (nSPS) is 10.3. The Morgan fingerprint density at radius 1 is 1.29 bits per heavy atom. The van der Waals surface area contributed by atoms with Gasteiger partial charge in [0.25, 0.3) is 5.69 Å². The highest BCUT2D eigenvalue weighted by Crippen LogP contribution is 2.23. The van der Waals surface area contributed by atoms with Crippen LogP contribution in [0.3, 0.4) is 0 Å². The molecule has 0 aliphatic heterocycles. The summed E-state index contributed by atoms with van der Waals surface area (Å²) in [5.74, 6) is 0. The first kappa shape index (κ1) is 8.43. The van der Waals surface area contributed by atoms with E-state index >= 15 is 0 Å². The second-order valence-electron chi connectivity index (χ2n) is 2.84. The van der Waals surface area contributed by atoms with Gasteiger partial charge in [0.1, 0.15) is 0 Å². The van der Waals surface area contributed by atoms with Gasteiger partial charge in [-0.3, -0.25) is 10.1 Å². The first-order chi connectivity index (χ1) is 6.68. The molecule has 0 aliphatic carbocycles. The van der Waals surface area contributed by atoms with Crippen LogP contribution in [0.5, 0.6) is 0 Å². The molecule has 0 N–H and O–H groups in total. The first-order valence-corrected chi connectivity index (χ1v) is 3.94. The van der Waals surface area contributed by atoms with Crippen LogP contribution in [-0.4, -0.2) is 4.92 Å². The molecule has 0 fully saturated rings. The SMILES string of the molecule is O=[N+]([O-])c1cccc2c[n+]([O-])ccc12. The Morgan fingerprint density at radius 3 is 2.79 bits per heavy atom. The van der Waals surface area contributed by atoms with Gasteiger partial charge < -0.3 is 5.21 Å². The number of nitro benzene ring substituents is 1. The lowest BCUT2D eigenvalue weighted by Crippen LogP contribution is -2.23. The number of hydrogen-bond acceptors (Lipinski definition) is 3. The number of benzene rings is 1. The Bertz CT molecular complexity index is 510. The van der Waals surface area contributed by atoms with E-state index in [4.69, 9.17) is 0 Å². The van der Waals surface area contributed by atoms with Crippen molar-refractivity contribution in [2.45, 2.75) is 0 Å². The zero-order valence-corrected chi connectivity index (χ0v) is 7.08. The summed E-state index contributed by atoms with van der Waals surface area (Å²) < 4.78 is 0.617. The number of aromatic nitrogens is 1. The van der Waals surface area contributed by atoms with E-state index in [1.165, 1.54) is 24.5 Å². The summed E-state index contributed by atoms with van der Waals surface area (Å²) in [7, 11) is 0. The van der Waals surface area contributed by atoms with Crippen molar-refractivity contribution < 1.29 is 9.65 Å². The quantitative estimate of drug-likeness (QED) is 0.295. The predicted molar refractivity (Wildman–Crippen MR) is 49.6 cm³/mol. The maximum absolute atomic E-state index is 10.9. The van der Waals surface area contributed by atoms with E-state index in [9.17, 15) is 15.3 Å². The summed E-state index contributed by atoms with van der Waals surface area (Å²) in [6.07, 6.45) is 2.55. The maximum Gasteiger partial charge on any atom is 0.277 e. The Kier molecular flexibility index (Phi) is 1.78. The van der Waals surface area contributed by atoms with Crippen LogP contribution in [0.1, 0.15) is 0 Å². The fourth-order valence-electron chi connectivity index (χ4n) is 1.35. The molecule has 0 spiro atoms. The summed E-state index contributed by atoms with van der Waals surface area (Å²) in [4.78, 5) is 10.2. The number of pyridine rings is 1. The van der Waals surface area contributed by atoms with Crippen molar-refractivity contribution in [3.8, 4) is 0 Å². The van der Waals surface area contributed by atoms with Crippen molar-refractivity contribution in [3.63, 3.8) is 0 Å². The van der Waals surface area contributed by atoms with Gasteiger partial charge >= 0.3 is 0 Å². The van der Waals surface area contributed by atoms with Crippen molar-refractivity contribution in [1.29, 1.82) is 0 Å². The minimum Gasteiger partial charge on any atom is -0.619 e. The van der Waals surface area contributed by atoms with Crippen LogP contribution in [0, 0.1) is 15.3 Å². The molecule has 0 radical (unpaired) electrons. The summed E-state index contributed by atoms with van der Waals surface area (Å²) in [6.45, 7) is 0. The number of nitro groups is 1. The fraction of sp³-hybridized carbons (Fsp3) is 0. The van der Waals surface area contributed by atoms with Crippen molar-refractivity contribution >= 4 is 16.5 Å². The molecule has 0 unspecified atom stereocenters. The predicted octanol–water partition coefficient (Wildman–Crippen LogP) is 1.38. The highest BCUT2D eigenvalue weighted by atomic mass is 16.6. The second kappa shape index (κ2) is 2.95. The smallest absolute Gasteiger partial charge is 0.277 e. The highest BCUT2D eigenvalue weighted by Gasteiger charge is 2.11. The molecule has 70 valence electrons. The maximum atomic E-state index is 10.9. The standard InChI is InChI=1S/C9H6N2O3/c12-10-5-4-8-7(6-10)2-1-3-9(8)11(13)14/h1-6H. The van der Waals surface area contributed by atoms with Crippen molar-refractivity contribution in [1.82, 2.24) is 0 Å². The van der Waals surface area contributed by atoms with Gasteiger partial charge in [-0.15, -0.1) is 0 Å². The summed E-state index contributed by atoms with van der Waals surface area (Å²) in [5, 5.41) is 22.6. The van der Waals surface area contributed by atoms with Crippen LogP contribution < -0.4 is 4.73 Å². The van der Waals surface area contributed by atoms with Gasteiger partial charge in [-0.1, -0.05) is 6.07 Å². The van der Waals surface area contributed by atoms with E-state index in [0.29, 0.717) is 15.5 Å². The van der Waals surface area contributed by atoms with Crippen molar-refractivity contribution in [2.75, 3.05) is 0 Å². The van der Waals surface area contributed by atoms with Gasteiger partial charge in [-0.2, -0.15) is 4.73 Å². The molecule has 5 heteroatoms. The number of non-ortho nitro benzene ring substituents is 1. The fourth-order valence-corrected chi connectivity index (χ4v) is 1.35. The number of nitrogens with zero attached hydrogens (tertiary/aromatic N) is 2. The topological polar surface area (TPSA) is 70.1 Å². The van der Waals surface area contributed by atoms with Gasteiger partial charge in [0.05, 0.1) is 15.7 Å². The van der Waals surface area contributed by atoms with E-state index in [0.717, 1.165) is 0 Å². The van der Waals surface area contributed by atoms with Crippen molar-refractivity contribution in [3.05, 3.63) is 52.0 Å². The van der Waals surface area contributed by atoms with E-state index in [-0.39, 0.29) is 5.69 Å². The molecule has 0 aliphatic rings. The molecule has 2 aromatic rings. The lowest BCUT2D eigenvalue weighted by atomic mass is 10.1. The van der Waals surface area contributed by atoms with Gasteiger partial charge in [0.15, 0.2) is 12.4 Å². The van der Waals surface area contributed by atoms with E-state index in [1.54, 1.807) is 12.1 Å². The van der Waals surface area contributed by atoms with E-state index in [1.807, 2.05) is 0 Å². The molecule has 14 heavy (non-hydrogen) atoms. The Labute approximate surface area is 78.9 Å². The Balaban J connectivity index is 2.81. The molecule has 0 saturated carbocycles. The van der Waals surface area contributed by atoms with Crippen LogP contribution in [0.4, 0.5) is 5.69 Å². The molecule has 1 heterocycles. The van der Waals surface area contributed by atoms with Crippen LogP contribution in [0.25, 0.3) is 10.8 Å². The molecule has 0 amide bonds. The highest BCUT2D eigenvalue weighted by molar-refractivity contribution is 5.89. The molecule has 2 rings (SSSR count). The average Bonchev–Trinajstić information content (AvgIpc) is 2.16. The van der Waals surface area contributed by atoms with Gasteiger partial charge in [-0.25, -0.2) is 0 Å². The first-order valence-electron chi connectivity index (χ1n) is 3.94. The van der Waals surface area contributed by atoms with Gasteiger partial charge in [-0.05, 0) is 6.07 Å². The van der Waals surface area contributed by atoms with Gasteiger partial charge in [0.2, 0.25) is 0 Å². The molecule has 5 nitrogen and oxygen atoms in total. The number of rotatable bonds is 1. The van der Waals surface area contributed by atoms with Crippen LogP contribution in [0.15, 0.2) is 36.7 Å². The van der Waals surface area contributed by atoms with Crippen LogP contribution in [-0.2, 0) is 0 Å². The Morgan fingerprint density at radius 2 is 2.07 bits per heavy atom. The minimum absolute atomic E-state index is 0.0168. The van der Waals surface area contributed by atoms with E-state index < -0.39 is 4.92 Å². The van der Waals surface area contributed by atoms with Crippen LogP contribution >= 0.6 is 0 Å². The molecule has 0 atom stereocenters. The third-order valence-corrected chi connectivity index (χ3v) is 1.97. The number of fused-ring (bicyclic) bond motifs is 1. The largest absolute Gasteiger partial charge is 0.619 e. The number of hydrogen-bond donors (Lipinski definition) is 0. The van der Waals surface area contributed by atoms with Crippen LogP contribution in [0.2, 0.25) is 0 Å². The monoisotopic (exact) mass is 190 g/mol. The summed E-state index contributed by atoms with van der Waals surface area (Å²) >= 11 is 0. The summed E-state index contributed by atoms with van der Waals surface area (Å²) in [6, 6.07) is 6.08. The third-order valence-electron chi connectivity index (χ3n) is 1.97. The molecule has 1 aromatic heterocycles. The minimum atomic E-state index is -0.461. The second-order valence-corrected chi connectivity index (χ2v) is 2.84. The molecular formula is C9H6N2O3.